The van der Waals surface area contributed by atoms with Crippen molar-refractivity contribution in [2.24, 2.45) is 0 Å². The second-order valence-electron chi connectivity index (χ2n) is 6.97. The van der Waals surface area contributed by atoms with Gasteiger partial charge in [-0.05, 0) is 19.2 Å². The summed E-state index contributed by atoms with van der Waals surface area (Å²) in [7, 11) is 6.56. The lowest BCUT2D eigenvalue weighted by Crippen LogP contribution is -2.40. The van der Waals surface area contributed by atoms with Gasteiger partial charge in [-0.2, -0.15) is 0 Å². The van der Waals surface area contributed by atoms with Crippen LogP contribution in [0.4, 0.5) is 5.69 Å². The van der Waals surface area contributed by atoms with Crippen molar-refractivity contribution in [1.29, 1.82) is 0 Å². The number of nitrogens with one attached hydrogen (secondary N) is 1. The molecule has 1 aliphatic rings. The maximum absolute atomic E-state index is 12.4. The van der Waals surface area contributed by atoms with E-state index in [4.69, 9.17) is 23.7 Å². The minimum Gasteiger partial charge on any atom is -0.493 e. The first-order valence-corrected chi connectivity index (χ1v) is 9.71. The van der Waals surface area contributed by atoms with Crippen LogP contribution in [-0.4, -0.2) is 65.0 Å². The summed E-state index contributed by atoms with van der Waals surface area (Å²) in [6.07, 6.45) is 0.250. The van der Waals surface area contributed by atoms with Crippen molar-refractivity contribution >= 4 is 11.6 Å². The summed E-state index contributed by atoms with van der Waals surface area (Å²) in [5.41, 5.74) is 0.581. The molecule has 2 aromatic rings. The van der Waals surface area contributed by atoms with Crippen LogP contribution in [-0.2, 0) is 4.79 Å². The highest BCUT2D eigenvalue weighted by molar-refractivity contribution is 5.91. The quantitative estimate of drug-likeness (QED) is 0.673. The predicted molar refractivity (Wildman–Crippen MR) is 113 cm³/mol. The van der Waals surface area contributed by atoms with Crippen LogP contribution in [0.1, 0.15) is 6.42 Å². The summed E-state index contributed by atoms with van der Waals surface area (Å²) in [5, 5.41) is 2.88. The molecule has 2 aromatic carbocycles. The second kappa shape index (κ2) is 10.1. The first-order chi connectivity index (χ1) is 14.5. The number of carbonyl (C=O) groups excluding carboxylic acids is 1. The Morgan fingerprint density at radius 3 is 2.40 bits per heavy atom. The van der Waals surface area contributed by atoms with Crippen LogP contribution in [0.25, 0.3) is 0 Å². The van der Waals surface area contributed by atoms with Crippen molar-refractivity contribution in [1.82, 2.24) is 4.90 Å². The van der Waals surface area contributed by atoms with Crippen molar-refractivity contribution in [3.8, 4) is 28.7 Å². The van der Waals surface area contributed by atoms with Crippen molar-refractivity contribution in [2.75, 3.05) is 53.4 Å². The van der Waals surface area contributed by atoms with Crippen LogP contribution in [0.2, 0.25) is 0 Å². The lowest BCUT2D eigenvalue weighted by atomic mass is 10.2. The van der Waals surface area contributed by atoms with Gasteiger partial charge in [-0.15, -0.1) is 0 Å². The molecule has 1 atom stereocenters. The molecule has 8 nitrogen and oxygen atoms in total. The van der Waals surface area contributed by atoms with E-state index in [1.165, 1.54) is 21.3 Å². The van der Waals surface area contributed by atoms with Crippen LogP contribution in [0.3, 0.4) is 0 Å². The van der Waals surface area contributed by atoms with Gasteiger partial charge in [0.2, 0.25) is 11.7 Å². The van der Waals surface area contributed by atoms with E-state index in [0.717, 1.165) is 11.5 Å². The van der Waals surface area contributed by atoms with Gasteiger partial charge in [0.15, 0.2) is 23.0 Å². The summed E-state index contributed by atoms with van der Waals surface area (Å²) < 4.78 is 27.6. The normalized spacial score (nSPS) is 14.9. The molecule has 0 spiro atoms. The molecule has 0 aromatic heterocycles. The van der Waals surface area contributed by atoms with Gasteiger partial charge in [-0.25, -0.2) is 0 Å². The van der Waals surface area contributed by atoms with Crippen molar-refractivity contribution in [3.05, 3.63) is 36.4 Å². The molecule has 0 bridgehead atoms. The fraction of sp³-hybridized carbons (Fsp3) is 0.409. The largest absolute Gasteiger partial charge is 0.493 e. The Hall–Kier alpha value is -3.13. The predicted octanol–water partition coefficient (Wildman–Crippen LogP) is 2.81. The summed E-state index contributed by atoms with van der Waals surface area (Å²) in [6, 6.07) is 11.0. The van der Waals surface area contributed by atoms with E-state index in [1.807, 2.05) is 31.3 Å². The van der Waals surface area contributed by atoms with Crippen LogP contribution in [0, 0.1) is 0 Å². The summed E-state index contributed by atoms with van der Waals surface area (Å²) >= 11 is 0. The maximum Gasteiger partial charge on any atom is 0.225 e. The number of ether oxygens (including phenoxy) is 5. The highest BCUT2D eigenvalue weighted by Crippen LogP contribution is 2.40. The number of carbonyl (C=O) groups is 1. The monoisotopic (exact) mass is 416 g/mol. The second-order valence-corrected chi connectivity index (χ2v) is 6.97. The number of para-hydroxylation sites is 2. The number of fused-ring (bicyclic) bond motifs is 1. The SMILES string of the molecule is COc1cc(NC(=O)CCN(C)CC2COc3ccccc3O2)cc(OC)c1OC. The van der Waals surface area contributed by atoms with Gasteiger partial charge in [0, 0.05) is 37.3 Å². The van der Waals surface area contributed by atoms with Crippen molar-refractivity contribution in [2.45, 2.75) is 12.5 Å². The molecule has 0 aliphatic carbocycles. The fourth-order valence-corrected chi connectivity index (χ4v) is 3.26. The highest BCUT2D eigenvalue weighted by Gasteiger charge is 2.22. The van der Waals surface area contributed by atoms with Gasteiger partial charge in [-0.1, -0.05) is 12.1 Å². The van der Waals surface area contributed by atoms with Crippen molar-refractivity contribution < 1.29 is 28.5 Å². The highest BCUT2D eigenvalue weighted by atomic mass is 16.6. The molecule has 1 aliphatic heterocycles. The number of likely N-dealkylation sites (N-methyl/N-ethyl adjacent to an activating group) is 1. The van der Waals surface area contributed by atoms with Gasteiger partial charge in [0.05, 0.1) is 21.3 Å². The first kappa shape index (κ1) is 21.6. The molecular weight excluding hydrogens is 388 g/mol. The number of hydrogen-bond donors (Lipinski definition) is 1. The Morgan fingerprint density at radius 1 is 1.10 bits per heavy atom. The number of methoxy groups -OCH3 is 3. The minimum absolute atomic E-state index is 0.0805. The number of hydrogen-bond acceptors (Lipinski definition) is 7. The Balaban J connectivity index is 1.50. The van der Waals surface area contributed by atoms with Crippen molar-refractivity contribution in [3.63, 3.8) is 0 Å². The lowest BCUT2D eigenvalue weighted by Gasteiger charge is -2.29. The Labute approximate surface area is 176 Å². The number of amides is 1. The molecule has 1 N–H and O–H groups in total. The molecule has 162 valence electrons. The van der Waals surface area contributed by atoms with E-state index in [1.54, 1.807) is 12.1 Å². The Kier molecular flexibility index (Phi) is 7.24. The third-order valence-electron chi connectivity index (χ3n) is 4.75. The zero-order valence-electron chi connectivity index (χ0n) is 17.8. The zero-order chi connectivity index (χ0) is 21.5. The first-order valence-electron chi connectivity index (χ1n) is 9.71. The van der Waals surface area contributed by atoms with E-state index >= 15 is 0 Å². The molecule has 3 rings (SSSR count). The zero-order valence-corrected chi connectivity index (χ0v) is 17.8. The maximum atomic E-state index is 12.4. The Morgan fingerprint density at radius 2 is 1.77 bits per heavy atom. The third kappa shape index (κ3) is 5.27. The number of benzene rings is 2. The van der Waals surface area contributed by atoms with E-state index in [2.05, 4.69) is 10.2 Å². The molecule has 0 fully saturated rings. The molecule has 1 amide bonds. The van der Waals surface area contributed by atoms with E-state index in [0.29, 0.717) is 49.1 Å². The molecular formula is C22H28N2O6. The number of anilines is 1. The van der Waals surface area contributed by atoms with Crippen LogP contribution < -0.4 is 29.0 Å². The van der Waals surface area contributed by atoms with Gasteiger partial charge in [-0.3, -0.25) is 4.79 Å². The fourth-order valence-electron chi connectivity index (χ4n) is 3.26. The topological polar surface area (TPSA) is 78.5 Å². The van der Waals surface area contributed by atoms with Gasteiger partial charge < -0.3 is 33.9 Å². The van der Waals surface area contributed by atoms with Gasteiger partial charge in [0.1, 0.15) is 12.7 Å². The molecule has 1 unspecified atom stereocenters. The average molecular weight is 416 g/mol. The standard InChI is InChI=1S/C22H28N2O6/c1-24(13-16-14-29-17-7-5-6-8-18(17)30-16)10-9-21(25)23-15-11-19(26-2)22(28-4)20(12-15)27-3/h5-8,11-12,16H,9-10,13-14H2,1-4H3,(H,23,25). The molecule has 0 radical (unpaired) electrons. The third-order valence-corrected chi connectivity index (χ3v) is 4.75. The van der Waals surface area contributed by atoms with Crippen LogP contribution in [0.15, 0.2) is 36.4 Å². The summed E-state index contributed by atoms with van der Waals surface area (Å²) in [4.78, 5) is 14.5. The summed E-state index contributed by atoms with van der Waals surface area (Å²) in [6.45, 7) is 1.72. The lowest BCUT2D eigenvalue weighted by molar-refractivity contribution is -0.116. The van der Waals surface area contributed by atoms with Gasteiger partial charge in [0.25, 0.3) is 0 Å². The van der Waals surface area contributed by atoms with E-state index in [9.17, 15) is 4.79 Å². The molecule has 0 saturated heterocycles. The summed E-state index contributed by atoms with van der Waals surface area (Å²) in [5.74, 6) is 2.86. The minimum atomic E-state index is -0.109. The number of nitrogens with zero attached hydrogens (tertiary/aromatic N) is 1. The smallest absolute Gasteiger partial charge is 0.225 e. The number of rotatable bonds is 9. The molecule has 0 saturated carbocycles. The molecule has 1 heterocycles. The average Bonchev–Trinajstić information content (AvgIpc) is 2.76. The molecule has 30 heavy (non-hydrogen) atoms. The van der Waals surface area contributed by atoms with Gasteiger partial charge >= 0.3 is 0 Å². The van der Waals surface area contributed by atoms with E-state index in [-0.39, 0.29) is 12.0 Å². The Bertz CT molecular complexity index is 847. The van der Waals surface area contributed by atoms with Crippen LogP contribution >= 0.6 is 0 Å². The van der Waals surface area contributed by atoms with Crippen LogP contribution in [0.5, 0.6) is 28.7 Å². The molecule has 8 heteroatoms. The van der Waals surface area contributed by atoms with E-state index < -0.39 is 0 Å².